The Kier molecular flexibility index (Phi) is 5.13. The number of carbonyl (C=O) groups excluding carboxylic acids is 1. The number of hydrogen-bond donors (Lipinski definition) is 1. The van der Waals surface area contributed by atoms with Crippen LogP contribution in [0, 0.1) is 11.6 Å². The zero-order valence-corrected chi connectivity index (χ0v) is 13.8. The number of nitrogens with zero attached hydrogens (tertiary/aromatic N) is 2. The first-order valence-corrected chi connectivity index (χ1v) is 8.26. The maximum absolute atomic E-state index is 13.7. The maximum Gasteiger partial charge on any atom is 0.284 e. The Morgan fingerprint density at radius 3 is 2.88 bits per heavy atom. The molecule has 0 bridgehead atoms. The SMILES string of the molecule is CC(NC(=O)CSc1nnc(-c2ccco2)o1)c1ccc(F)cc1F. The fourth-order valence-electron chi connectivity index (χ4n) is 2.11. The molecule has 1 N–H and O–H groups in total. The molecule has 6 nitrogen and oxygen atoms in total. The molecule has 0 fully saturated rings. The van der Waals surface area contributed by atoms with E-state index in [-0.39, 0.29) is 28.3 Å². The molecule has 0 radical (unpaired) electrons. The zero-order valence-electron chi connectivity index (χ0n) is 13.0. The number of carbonyl (C=O) groups is 1. The monoisotopic (exact) mass is 365 g/mol. The molecule has 0 saturated carbocycles. The van der Waals surface area contributed by atoms with Gasteiger partial charge in [0.1, 0.15) is 11.6 Å². The van der Waals surface area contributed by atoms with Gasteiger partial charge < -0.3 is 14.2 Å². The van der Waals surface area contributed by atoms with Gasteiger partial charge in [0.05, 0.1) is 18.1 Å². The van der Waals surface area contributed by atoms with Gasteiger partial charge in [-0.2, -0.15) is 0 Å². The Balaban J connectivity index is 1.54. The highest BCUT2D eigenvalue weighted by molar-refractivity contribution is 7.99. The summed E-state index contributed by atoms with van der Waals surface area (Å²) < 4.78 is 37.1. The summed E-state index contributed by atoms with van der Waals surface area (Å²) in [7, 11) is 0. The first-order chi connectivity index (χ1) is 12.0. The topological polar surface area (TPSA) is 81.2 Å². The van der Waals surface area contributed by atoms with E-state index >= 15 is 0 Å². The molecule has 0 aliphatic rings. The van der Waals surface area contributed by atoms with Crippen LogP contribution < -0.4 is 5.32 Å². The van der Waals surface area contributed by atoms with E-state index in [1.54, 1.807) is 19.1 Å². The quantitative estimate of drug-likeness (QED) is 0.673. The van der Waals surface area contributed by atoms with Crippen LogP contribution in [0.1, 0.15) is 18.5 Å². The van der Waals surface area contributed by atoms with Gasteiger partial charge in [-0.3, -0.25) is 4.79 Å². The molecule has 9 heteroatoms. The second-order valence-electron chi connectivity index (χ2n) is 5.09. The van der Waals surface area contributed by atoms with E-state index in [9.17, 15) is 13.6 Å². The molecule has 0 saturated heterocycles. The Bertz CT molecular complexity index is 867. The van der Waals surface area contributed by atoms with Crippen LogP contribution in [0.2, 0.25) is 0 Å². The van der Waals surface area contributed by atoms with Crippen molar-refractivity contribution < 1.29 is 22.4 Å². The number of benzene rings is 1. The Hall–Kier alpha value is -2.68. The van der Waals surface area contributed by atoms with Crippen molar-refractivity contribution in [3.8, 4) is 11.7 Å². The third kappa shape index (κ3) is 4.24. The summed E-state index contributed by atoms with van der Waals surface area (Å²) in [6, 6.07) is 5.99. The van der Waals surface area contributed by atoms with Crippen LogP contribution in [0.4, 0.5) is 8.78 Å². The number of nitrogens with one attached hydrogen (secondary N) is 1. The number of aromatic nitrogens is 2. The van der Waals surface area contributed by atoms with Gasteiger partial charge in [0.15, 0.2) is 5.76 Å². The van der Waals surface area contributed by atoms with Crippen molar-refractivity contribution >= 4 is 17.7 Å². The highest BCUT2D eigenvalue weighted by atomic mass is 32.2. The van der Waals surface area contributed by atoms with Crippen molar-refractivity contribution in [2.24, 2.45) is 0 Å². The average molecular weight is 365 g/mol. The Morgan fingerprint density at radius 2 is 2.16 bits per heavy atom. The van der Waals surface area contributed by atoms with Crippen molar-refractivity contribution in [1.29, 1.82) is 0 Å². The molecular weight excluding hydrogens is 352 g/mol. The molecule has 1 atom stereocenters. The first-order valence-electron chi connectivity index (χ1n) is 7.27. The third-order valence-electron chi connectivity index (χ3n) is 3.27. The van der Waals surface area contributed by atoms with Crippen molar-refractivity contribution in [2.45, 2.75) is 18.2 Å². The minimum Gasteiger partial charge on any atom is -0.459 e. The summed E-state index contributed by atoms with van der Waals surface area (Å²) in [5.41, 5.74) is 0.206. The van der Waals surface area contributed by atoms with Crippen molar-refractivity contribution in [1.82, 2.24) is 15.5 Å². The van der Waals surface area contributed by atoms with Crippen LogP contribution in [0.15, 0.2) is 50.7 Å². The summed E-state index contributed by atoms with van der Waals surface area (Å²) in [5.74, 6) is -1.06. The van der Waals surface area contributed by atoms with E-state index in [0.717, 1.165) is 23.9 Å². The molecule has 1 aromatic carbocycles. The number of amides is 1. The van der Waals surface area contributed by atoms with Gasteiger partial charge >= 0.3 is 0 Å². The van der Waals surface area contributed by atoms with Crippen molar-refractivity contribution in [2.75, 3.05) is 5.75 Å². The predicted molar refractivity (Wildman–Crippen MR) is 85.6 cm³/mol. The van der Waals surface area contributed by atoms with E-state index in [0.29, 0.717) is 5.76 Å². The molecule has 1 amide bonds. The number of halogens is 2. The van der Waals surface area contributed by atoms with Crippen LogP contribution in [0.3, 0.4) is 0 Å². The van der Waals surface area contributed by atoms with E-state index in [4.69, 9.17) is 8.83 Å². The molecule has 130 valence electrons. The molecule has 2 aromatic heterocycles. The highest BCUT2D eigenvalue weighted by Gasteiger charge is 2.16. The summed E-state index contributed by atoms with van der Waals surface area (Å²) in [4.78, 5) is 12.0. The van der Waals surface area contributed by atoms with Crippen LogP contribution in [0.5, 0.6) is 0 Å². The molecule has 0 spiro atoms. The molecule has 3 rings (SSSR count). The van der Waals surface area contributed by atoms with Crippen LogP contribution in [-0.4, -0.2) is 21.9 Å². The largest absolute Gasteiger partial charge is 0.459 e. The number of thioether (sulfide) groups is 1. The average Bonchev–Trinajstić information content (AvgIpc) is 3.24. The lowest BCUT2D eigenvalue weighted by atomic mass is 10.1. The lowest BCUT2D eigenvalue weighted by molar-refractivity contribution is -0.119. The van der Waals surface area contributed by atoms with E-state index in [1.165, 1.54) is 12.3 Å². The van der Waals surface area contributed by atoms with E-state index in [2.05, 4.69) is 15.5 Å². The van der Waals surface area contributed by atoms with E-state index in [1.807, 2.05) is 0 Å². The second-order valence-corrected chi connectivity index (χ2v) is 6.02. The molecule has 25 heavy (non-hydrogen) atoms. The lowest BCUT2D eigenvalue weighted by Crippen LogP contribution is -2.28. The second kappa shape index (κ2) is 7.47. The maximum atomic E-state index is 13.7. The van der Waals surface area contributed by atoms with Gasteiger partial charge in [0, 0.05) is 11.6 Å². The van der Waals surface area contributed by atoms with Gasteiger partial charge in [-0.05, 0) is 25.1 Å². The normalized spacial score (nSPS) is 12.1. The van der Waals surface area contributed by atoms with E-state index < -0.39 is 17.7 Å². The third-order valence-corrected chi connectivity index (χ3v) is 4.09. The fourth-order valence-corrected chi connectivity index (χ4v) is 2.68. The summed E-state index contributed by atoms with van der Waals surface area (Å²) >= 11 is 1.04. The van der Waals surface area contributed by atoms with Crippen LogP contribution in [0.25, 0.3) is 11.7 Å². The standard InChI is InChI=1S/C16H13F2N3O3S/c1-9(11-5-4-10(17)7-12(11)18)19-14(22)8-25-16-21-20-15(24-16)13-3-2-6-23-13/h2-7,9H,8H2,1H3,(H,19,22). The molecular formula is C16H13F2N3O3S. The zero-order chi connectivity index (χ0) is 17.8. The number of furan rings is 1. The summed E-state index contributed by atoms with van der Waals surface area (Å²) in [6.45, 7) is 1.61. The molecule has 3 aromatic rings. The summed E-state index contributed by atoms with van der Waals surface area (Å²) in [5, 5.41) is 10.5. The van der Waals surface area contributed by atoms with Gasteiger partial charge in [0.25, 0.3) is 11.1 Å². The predicted octanol–water partition coefficient (Wildman–Crippen LogP) is 3.58. The van der Waals surface area contributed by atoms with Gasteiger partial charge in [-0.25, -0.2) is 8.78 Å². The highest BCUT2D eigenvalue weighted by Crippen LogP contribution is 2.23. The number of hydrogen-bond acceptors (Lipinski definition) is 6. The lowest BCUT2D eigenvalue weighted by Gasteiger charge is -2.14. The molecule has 1 unspecified atom stereocenters. The smallest absolute Gasteiger partial charge is 0.284 e. The minimum absolute atomic E-state index is 0.00689. The molecule has 2 heterocycles. The molecule has 0 aliphatic carbocycles. The van der Waals surface area contributed by atoms with Gasteiger partial charge in [-0.15, -0.1) is 10.2 Å². The number of rotatable bonds is 6. The minimum atomic E-state index is -0.708. The van der Waals surface area contributed by atoms with Gasteiger partial charge in [-0.1, -0.05) is 17.8 Å². The van der Waals surface area contributed by atoms with Crippen LogP contribution in [-0.2, 0) is 4.79 Å². The Labute approximate surface area is 145 Å². The summed E-state index contributed by atoms with van der Waals surface area (Å²) in [6.07, 6.45) is 1.48. The van der Waals surface area contributed by atoms with Gasteiger partial charge in [0.2, 0.25) is 5.91 Å². The Morgan fingerprint density at radius 1 is 1.32 bits per heavy atom. The van der Waals surface area contributed by atoms with Crippen molar-refractivity contribution in [3.05, 3.63) is 53.8 Å². The van der Waals surface area contributed by atoms with Crippen molar-refractivity contribution in [3.63, 3.8) is 0 Å². The fraction of sp³-hybridized carbons (Fsp3) is 0.188. The molecule has 0 aliphatic heterocycles. The first kappa shape index (κ1) is 17.2. The van der Waals surface area contributed by atoms with Crippen LogP contribution >= 0.6 is 11.8 Å².